The van der Waals surface area contributed by atoms with E-state index in [1.54, 1.807) is 6.92 Å². The van der Waals surface area contributed by atoms with Gasteiger partial charge in [-0.1, -0.05) is 50.1 Å². The van der Waals surface area contributed by atoms with Gasteiger partial charge in [-0.3, -0.25) is 0 Å². The molecular weight excluding hydrogens is 292 g/mol. The van der Waals surface area contributed by atoms with Gasteiger partial charge in [0.15, 0.2) is 8.68 Å². The van der Waals surface area contributed by atoms with E-state index in [1.807, 2.05) is 13.8 Å². The monoisotopic (exact) mass is 310 g/mol. The van der Waals surface area contributed by atoms with E-state index in [0.29, 0.717) is 24.7 Å². The van der Waals surface area contributed by atoms with Gasteiger partial charge in [-0.2, -0.15) is 4.31 Å². The molecule has 0 aliphatic rings. The summed E-state index contributed by atoms with van der Waals surface area (Å²) in [7, 11) is -3.46. The van der Waals surface area contributed by atoms with Crippen LogP contribution in [-0.2, 0) is 10.0 Å². The van der Waals surface area contributed by atoms with E-state index in [9.17, 15) is 8.42 Å². The van der Waals surface area contributed by atoms with Gasteiger partial charge in [0.1, 0.15) is 0 Å². The molecule has 1 aromatic heterocycles. The Morgan fingerprint density at radius 3 is 2.44 bits per heavy atom. The van der Waals surface area contributed by atoms with Crippen LogP contribution < -0.4 is 0 Å². The van der Waals surface area contributed by atoms with Crippen molar-refractivity contribution in [3.05, 3.63) is 10.2 Å². The van der Waals surface area contributed by atoms with Gasteiger partial charge in [0, 0.05) is 13.1 Å². The van der Waals surface area contributed by atoms with Crippen LogP contribution in [0.1, 0.15) is 32.9 Å². The molecule has 7 heteroatoms. The molecule has 1 atom stereocenters. The molecule has 18 heavy (non-hydrogen) atoms. The highest BCUT2D eigenvalue weighted by Gasteiger charge is 2.28. The lowest BCUT2D eigenvalue weighted by Crippen LogP contribution is -2.34. The lowest BCUT2D eigenvalue weighted by molar-refractivity contribution is 0.362. The molecule has 1 aromatic rings. The van der Waals surface area contributed by atoms with E-state index in [4.69, 9.17) is 11.6 Å². The minimum Gasteiger partial charge on any atom is -0.229 e. The van der Waals surface area contributed by atoms with Crippen LogP contribution in [0.5, 0.6) is 0 Å². The fourth-order valence-electron chi connectivity index (χ4n) is 1.58. The molecule has 0 N–H and O–H groups in total. The Labute approximate surface area is 118 Å². The van der Waals surface area contributed by atoms with E-state index in [0.717, 1.165) is 17.8 Å². The molecule has 1 rings (SSSR count). The first-order valence-corrected chi connectivity index (χ1v) is 8.59. The van der Waals surface area contributed by atoms with Crippen LogP contribution in [0.2, 0.25) is 4.47 Å². The van der Waals surface area contributed by atoms with Crippen molar-refractivity contribution in [2.75, 3.05) is 13.1 Å². The molecule has 104 valence electrons. The van der Waals surface area contributed by atoms with Crippen LogP contribution in [0, 0.1) is 12.8 Å². The quantitative estimate of drug-likeness (QED) is 0.811. The van der Waals surface area contributed by atoms with Crippen molar-refractivity contribution in [3.8, 4) is 0 Å². The summed E-state index contributed by atoms with van der Waals surface area (Å²) in [6.45, 7) is 8.61. The highest BCUT2D eigenvalue weighted by molar-refractivity contribution is 7.91. The summed E-state index contributed by atoms with van der Waals surface area (Å²) >= 11 is 6.80. The first-order valence-electron chi connectivity index (χ1n) is 5.95. The molecule has 1 heterocycles. The van der Waals surface area contributed by atoms with Crippen LogP contribution in [-0.4, -0.2) is 30.8 Å². The predicted molar refractivity (Wildman–Crippen MR) is 75.7 cm³/mol. The highest BCUT2D eigenvalue weighted by atomic mass is 35.5. The molecule has 0 saturated heterocycles. The largest absolute Gasteiger partial charge is 0.254 e. The third-order valence-electron chi connectivity index (χ3n) is 2.87. The number of halogens is 1. The van der Waals surface area contributed by atoms with Crippen LogP contribution in [0.15, 0.2) is 4.21 Å². The van der Waals surface area contributed by atoms with Crippen molar-refractivity contribution in [3.63, 3.8) is 0 Å². The number of aryl methyl sites for hydroxylation is 1. The molecule has 0 bridgehead atoms. The highest BCUT2D eigenvalue weighted by Crippen LogP contribution is 2.29. The van der Waals surface area contributed by atoms with Crippen LogP contribution in [0.4, 0.5) is 0 Å². The third-order valence-corrected chi connectivity index (χ3v) is 6.66. The van der Waals surface area contributed by atoms with Gasteiger partial charge < -0.3 is 0 Å². The molecule has 0 aliphatic heterocycles. The van der Waals surface area contributed by atoms with Crippen molar-refractivity contribution in [2.24, 2.45) is 5.92 Å². The zero-order chi connectivity index (χ0) is 13.9. The molecular formula is C11H19ClN2O2S2. The van der Waals surface area contributed by atoms with E-state index < -0.39 is 10.0 Å². The van der Waals surface area contributed by atoms with Crippen molar-refractivity contribution >= 4 is 33.0 Å². The topological polar surface area (TPSA) is 50.3 Å². The molecule has 4 nitrogen and oxygen atoms in total. The van der Waals surface area contributed by atoms with E-state index in [2.05, 4.69) is 11.9 Å². The lowest BCUT2D eigenvalue weighted by Gasteiger charge is -2.22. The molecule has 0 saturated carbocycles. The second-order valence-corrected chi connectivity index (χ2v) is 8.02. The molecule has 0 aromatic carbocycles. The van der Waals surface area contributed by atoms with E-state index >= 15 is 0 Å². The average Bonchev–Trinajstić information content (AvgIpc) is 2.65. The summed E-state index contributed by atoms with van der Waals surface area (Å²) in [6.07, 6.45) is 0.953. The maximum absolute atomic E-state index is 12.5. The first-order chi connectivity index (χ1) is 8.32. The predicted octanol–water partition coefficient (Wildman–Crippen LogP) is 3.16. The number of hydrogen-bond acceptors (Lipinski definition) is 4. The van der Waals surface area contributed by atoms with Gasteiger partial charge in [-0.05, 0) is 12.8 Å². The normalized spacial score (nSPS) is 14.1. The average molecular weight is 311 g/mol. The molecule has 0 radical (unpaired) electrons. The van der Waals surface area contributed by atoms with Gasteiger partial charge in [0.05, 0.1) is 5.69 Å². The molecule has 0 amide bonds. The molecule has 0 spiro atoms. The van der Waals surface area contributed by atoms with Crippen LogP contribution in [0.3, 0.4) is 0 Å². The Morgan fingerprint density at radius 2 is 2.06 bits per heavy atom. The summed E-state index contributed by atoms with van der Waals surface area (Å²) in [6, 6.07) is 0. The van der Waals surface area contributed by atoms with Gasteiger partial charge in [-0.25, -0.2) is 13.4 Å². The summed E-state index contributed by atoms with van der Waals surface area (Å²) in [4.78, 5) is 3.97. The molecule has 0 fully saturated rings. The molecule has 1 unspecified atom stereocenters. The van der Waals surface area contributed by atoms with Crippen molar-refractivity contribution in [2.45, 2.75) is 38.3 Å². The number of rotatable bonds is 6. The number of nitrogens with zero attached hydrogens (tertiary/aromatic N) is 2. The summed E-state index contributed by atoms with van der Waals surface area (Å²) < 4.78 is 27.0. The Morgan fingerprint density at radius 1 is 1.44 bits per heavy atom. The fraction of sp³-hybridized carbons (Fsp3) is 0.727. The fourth-order valence-corrected chi connectivity index (χ4v) is 5.02. The first kappa shape index (κ1) is 15.9. The number of hydrogen-bond donors (Lipinski definition) is 0. The van der Waals surface area contributed by atoms with Crippen molar-refractivity contribution in [1.82, 2.24) is 9.29 Å². The van der Waals surface area contributed by atoms with Gasteiger partial charge in [0.25, 0.3) is 10.0 Å². The summed E-state index contributed by atoms with van der Waals surface area (Å²) in [5, 5.41) is 0. The van der Waals surface area contributed by atoms with Gasteiger partial charge in [-0.15, -0.1) is 0 Å². The third kappa shape index (κ3) is 3.44. The van der Waals surface area contributed by atoms with Gasteiger partial charge in [0.2, 0.25) is 0 Å². The zero-order valence-electron chi connectivity index (χ0n) is 11.1. The van der Waals surface area contributed by atoms with Crippen LogP contribution in [0.25, 0.3) is 0 Å². The Hall–Kier alpha value is -0.170. The maximum atomic E-state index is 12.5. The Balaban J connectivity index is 3.07. The van der Waals surface area contributed by atoms with E-state index in [1.165, 1.54) is 4.31 Å². The zero-order valence-corrected chi connectivity index (χ0v) is 13.5. The minimum absolute atomic E-state index is 0.262. The minimum atomic E-state index is -3.46. The number of aromatic nitrogens is 1. The van der Waals surface area contributed by atoms with Gasteiger partial charge >= 0.3 is 0 Å². The molecule has 0 aliphatic carbocycles. The lowest BCUT2D eigenvalue weighted by atomic mass is 10.1. The maximum Gasteiger partial charge on any atom is 0.254 e. The number of sulfonamides is 1. The second-order valence-electron chi connectivity index (χ2n) is 4.31. The second kappa shape index (κ2) is 6.32. The summed E-state index contributed by atoms with van der Waals surface area (Å²) in [5.41, 5.74) is 0.479. The Bertz CT molecular complexity index is 499. The smallest absolute Gasteiger partial charge is 0.229 e. The van der Waals surface area contributed by atoms with Crippen LogP contribution >= 0.6 is 22.9 Å². The standard InChI is InChI=1S/C11H19ClN2O2S2/c1-5-8(3)7-14(6-2)18(15,16)10-9(4)13-11(12)17-10/h8H,5-7H2,1-4H3. The summed E-state index contributed by atoms with van der Waals surface area (Å²) in [5.74, 6) is 0.337. The number of thiazole rings is 1. The Kier molecular flexibility index (Phi) is 5.58. The SMILES string of the molecule is CCC(C)CN(CC)S(=O)(=O)c1sc(Cl)nc1C. The van der Waals surface area contributed by atoms with Crippen molar-refractivity contribution < 1.29 is 8.42 Å². The van der Waals surface area contributed by atoms with E-state index in [-0.39, 0.29) is 8.68 Å². The van der Waals surface area contributed by atoms with Crippen molar-refractivity contribution in [1.29, 1.82) is 0 Å².